The molecule has 1 aliphatic heterocycles. The molecule has 0 aliphatic carbocycles. The number of carbonyl (C=O) groups is 1. The molecule has 0 saturated carbocycles. The maximum Gasteiger partial charge on any atom is 0.306 e. The number of piperidine rings is 1. The highest BCUT2D eigenvalue weighted by atomic mass is 79.9. The van der Waals surface area contributed by atoms with E-state index in [0.29, 0.717) is 43.2 Å². The van der Waals surface area contributed by atoms with Crippen LogP contribution >= 0.6 is 15.9 Å². The third-order valence-electron chi connectivity index (χ3n) is 5.73. The Bertz CT molecular complexity index is 901. The fraction of sp³-hybridized carbons (Fsp3) is 0.435. The van der Waals surface area contributed by atoms with Gasteiger partial charge in [-0.2, -0.15) is 0 Å². The number of hydrogen-bond acceptors (Lipinski definition) is 6. The van der Waals surface area contributed by atoms with Gasteiger partial charge in [-0.3, -0.25) is 9.69 Å². The van der Waals surface area contributed by atoms with Gasteiger partial charge in [-0.1, -0.05) is 15.9 Å². The number of methoxy groups -OCH3 is 4. The Morgan fingerprint density at radius 1 is 0.968 bits per heavy atom. The number of hydrogen-bond donors (Lipinski definition) is 1. The van der Waals surface area contributed by atoms with E-state index in [1.54, 1.807) is 28.4 Å². The molecule has 1 heterocycles. The molecule has 31 heavy (non-hydrogen) atoms. The summed E-state index contributed by atoms with van der Waals surface area (Å²) in [4.78, 5) is 13.7. The summed E-state index contributed by atoms with van der Waals surface area (Å²) in [5.74, 6) is 1.36. The standard InChI is InChI=1S/C23H28BrNO6/c1-28-18-6-5-16(24)13-17(18)21(25-9-7-14(8-10-25)23(26)27)15-11-19(29-2)22(31-4)20(12-15)30-3/h5-6,11-14,21H,7-10H2,1-4H3,(H,26,27). The monoisotopic (exact) mass is 493 g/mol. The van der Waals surface area contributed by atoms with Crippen molar-refractivity contribution in [2.75, 3.05) is 41.5 Å². The van der Waals surface area contributed by atoms with Crippen LogP contribution in [0.2, 0.25) is 0 Å². The summed E-state index contributed by atoms with van der Waals surface area (Å²) < 4.78 is 23.3. The quantitative estimate of drug-likeness (QED) is 0.584. The minimum Gasteiger partial charge on any atom is -0.496 e. The van der Waals surface area contributed by atoms with Crippen molar-refractivity contribution in [2.24, 2.45) is 5.92 Å². The van der Waals surface area contributed by atoms with Gasteiger partial charge >= 0.3 is 5.97 Å². The van der Waals surface area contributed by atoms with Gasteiger partial charge in [0.1, 0.15) is 5.75 Å². The maximum atomic E-state index is 11.5. The van der Waals surface area contributed by atoms with Gasteiger partial charge in [-0.15, -0.1) is 0 Å². The second-order valence-corrected chi connectivity index (χ2v) is 8.31. The molecular formula is C23H28BrNO6. The third kappa shape index (κ3) is 4.91. The lowest BCUT2D eigenvalue weighted by molar-refractivity contribution is -0.143. The van der Waals surface area contributed by atoms with E-state index in [1.807, 2.05) is 30.3 Å². The van der Waals surface area contributed by atoms with Gasteiger partial charge in [0.2, 0.25) is 5.75 Å². The predicted octanol–water partition coefficient (Wildman–Crippen LogP) is 4.37. The van der Waals surface area contributed by atoms with E-state index in [-0.39, 0.29) is 12.0 Å². The molecule has 168 valence electrons. The van der Waals surface area contributed by atoms with Crippen LogP contribution in [0.4, 0.5) is 0 Å². The van der Waals surface area contributed by atoms with Gasteiger partial charge in [-0.25, -0.2) is 0 Å². The van der Waals surface area contributed by atoms with E-state index in [9.17, 15) is 9.90 Å². The Morgan fingerprint density at radius 2 is 1.55 bits per heavy atom. The molecule has 1 fully saturated rings. The Hall–Kier alpha value is -2.45. The van der Waals surface area contributed by atoms with Crippen LogP contribution < -0.4 is 18.9 Å². The van der Waals surface area contributed by atoms with Crippen LogP contribution in [0.3, 0.4) is 0 Å². The normalized spacial score (nSPS) is 15.9. The van der Waals surface area contributed by atoms with Gasteiger partial charge in [0.05, 0.1) is 40.4 Å². The number of carboxylic acid groups (broad SMARTS) is 1. The average molecular weight is 494 g/mol. The zero-order chi connectivity index (χ0) is 22.5. The zero-order valence-electron chi connectivity index (χ0n) is 18.2. The molecule has 8 heteroatoms. The molecule has 0 radical (unpaired) electrons. The van der Waals surface area contributed by atoms with Crippen molar-refractivity contribution >= 4 is 21.9 Å². The van der Waals surface area contributed by atoms with Crippen molar-refractivity contribution in [3.8, 4) is 23.0 Å². The van der Waals surface area contributed by atoms with Crippen molar-refractivity contribution in [2.45, 2.75) is 18.9 Å². The highest BCUT2D eigenvalue weighted by Crippen LogP contribution is 2.45. The number of nitrogens with zero attached hydrogens (tertiary/aromatic N) is 1. The molecule has 1 unspecified atom stereocenters. The van der Waals surface area contributed by atoms with Crippen molar-refractivity contribution < 1.29 is 28.8 Å². The van der Waals surface area contributed by atoms with E-state index >= 15 is 0 Å². The molecule has 7 nitrogen and oxygen atoms in total. The summed E-state index contributed by atoms with van der Waals surface area (Å²) in [6.45, 7) is 1.29. The van der Waals surface area contributed by atoms with Crippen LogP contribution in [0.5, 0.6) is 23.0 Å². The molecule has 2 aromatic carbocycles. The highest BCUT2D eigenvalue weighted by molar-refractivity contribution is 9.10. The molecule has 0 aromatic heterocycles. The number of likely N-dealkylation sites (tertiary alicyclic amines) is 1. The minimum atomic E-state index is -0.732. The molecule has 1 N–H and O–H groups in total. The SMILES string of the molecule is COc1ccc(Br)cc1C(c1cc(OC)c(OC)c(OC)c1)N1CCC(C(=O)O)CC1. The third-order valence-corrected chi connectivity index (χ3v) is 6.23. The summed E-state index contributed by atoms with van der Waals surface area (Å²) in [5.41, 5.74) is 1.92. The van der Waals surface area contributed by atoms with Crippen LogP contribution in [-0.4, -0.2) is 57.5 Å². The molecule has 2 aromatic rings. The summed E-state index contributed by atoms with van der Waals surface area (Å²) in [6, 6.07) is 9.59. The number of halogens is 1. The van der Waals surface area contributed by atoms with E-state index in [1.165, 1.54) is 0 Å². The Balaban J connectivity index is 2.14. The lowest BCUT2D eigenvalue weighted by Crippen LogP contribution is -2.39. The number of ether oxygens (including phenoxy) is 4. The molecule has 0 amide bonds. The van der Waals surface area contributed by atoms with Crippen molar-refractivity contribution in [3.63, 3.8) is 0 Å². The summed E-state index contributed by atoms with van der Waals surface area (Å²) in [5, 5.41) is 9.42. The highest BCUT2D eigenvalue weighted by Gasteiger charge is 2.33. The first-order valence-electron chi connectivity index (χ1n) is 10.0. The lowest BCUT2D eigenvalue weighted by Gasteiger charge is -2.38. The topological polar surface area (TPSA) is 77.5 Å². The Morgan fingerprint density at radius 3 is 2.03 bits per heavy atom. The summed E-state index contributed by atoms with van der Waals surface area (Å²) in [7, 11) is 6.41. The predicted molar refractivity (Wildman–Crippen MR) is 121 cm³/mol. The van der Waals surface area contributed by atoms with E-state index in [4.69, 9.17) is 18.9 Å². The Labute approximate surface area is 191 Å². The minimum absolute atomic E-state index is 0.184. The van der Waals surface area contributed by atoms with Crippen LogP contribution in [0, 0.1) is 5.92 Å². The van der Waals surface area contributed by atoms with Gasteiger partial charge in [0.15, 0.2) is 11.5 Å². The molecule has 1 saturated heterocycles. The molecular weight excluding hydrogens is 466 g/mol. The first-order chi connectivity index (χ1) is 14.9. The van der Waals surface area contributed by atoms with Gasteiger partial charge in [-0.05, 0) is 61.8 Å². The molecule has 1 atom stereocenters. The lowest BCUT2D eigenvalue weighted by atomic mass is 9.90. The first kappa shape index (κ1) is 23.2. The second kappa shape index (κ2) is 10.2. The number of carboxylic acids is 1. The summed E-state index contributed by atoms with van der Waals surface area (Å²) in [6.07, 6.45) is 1.18. The fourth-order valence-corrected chi connectivity index (χ4v) is 4.55. The fourth-order valence-electron chi connectivity index (χ4n) is 4.17. The smallest absolute Gasteiger partial charge is 0.306 e. The zero-order valence-corrected chi connectivity index (χ0v) is 19.8. The van der Waals surface area contributed by atoms with Crippen molar-refractivity contribution in [1.29, 1.82) is 0 Å². The van der Waals surface area contributed by atoms with Gasteiger partial charge in [0.25, 0.3) is 0 Å². The molecule has 1 aliphatic rings. The first-order valence-corrected chi connectivity index (χ1v) is 10.8. The van der Waals surface area contributed by atoms with Crippen LogP contribution in [-0.2, 0) is 4.79 Å². The molecule has 3 rings (SSSR count). The Kier molecular flexibility index (Phi) is 7.67. The van der Waals surface area contributed by atoms with Gasteiger partial charge in [0, 0.05) is 10.0 Å². The van der Waals surface area contributed by atoms with Crippen LogP contribution in [0.15, 0.2) is 34.8 Å². The van der Waals surface area contributed by atoms with E-state index in [0.717, 1.165) is 21.3 Å². The number of rotatable bonds is 8. The molecule has 0 bridgehead atoms. The van der Waals surface area contributed by atoms with Crippen LogP contribution in [0.1, 0.15) is 30.0 Å². The van der Waals surface area contributed by atoms with Crippen molar-refractivity contribution in [1.82, 2.24) is 4.90 Å². The van der Waals surface area contributed by atoms with E-state index < -0.39 is 5.97 Å². The largest absolute Gasteiger partial charge is 0.496 e. The second-order valence-electron chi connectivity index (χ2n) is 7.40. The maximum absolute atomic E-state index is 11.5. The molecule has 0 spiro atoms. The summed E-state index contributed by atoms with van der Waals surface area (Å²) >= 11 is 3.58. The van der Waals surface area contributed by atoms with Crippen molar-refractivity contribution in [3.05, 3.63) is 45.9 Å². The average Bonchev–Trinajstić information content (AvgIpc) is 2.79. The van der Waals surface area contributed by atoms with Gasteiger partial charge < -0.3 is 24.1 Å². The number of aliphatic carboxylic acids is 1. The van der Waals surface area contributed by atoms with E-state index in [2.05, 4.69) is 20.8 Å². The number of benzene rings is 2. The van der Waals surface area contributed by atoms with Crippen LogP contribution in [0.25, 0.3) is 0 Å².